The van der Waals surface area contributed by atoms with Gasteiger partial charge in [-0.2, -0.15) is 0 Å². The third-order valence-corrected chi connectivity index (χ3v) is 4.30. The molecule has 0 fully saturated rings. The van der Waals surface area contributed by atoms with Crippen molar-refractivity contribution in [1.29, 1.82) is 0 Å². The predicted octanol–water partition coefficient (Wildman–Crippen LogP) is 3.85. The molecule has 136 valence electrons. The molecule has 1 aromatic heterocycles. The first kappa shape index (κ1) is 18.3. The van der Waals surface area contributed by atoms with Crippen LogP contribution in [0.3, 0.4) is 0 Å². The molecule has 0 spiro atoms. The molecule has 0 bridgehead atoms. The number of anilines is 1. The van der Waals surface area contributed by atoms with Crippen molar-refractivity contribution >= 4 is 17.5 Å². The lowest BCUT2D eigenvalue weighted by atomic mass is 10.1. The number of aromatic nitrogens is 1. The summed E-state index contributed by atoms with van der Waals surface area (Å²) in [7, 11) is 1.68. The van der Waals surface area contributed by atoms with Crippen molar-refractivity contribution in [2.75, 3.05) is 11.9 Å². The number of hydrogen-bond donors (Lipinski definition) is 1. The number of nitrogens with zero attached hydrogens (tertiary/aromatic N) is 2. The number of hydrogen-bond acceptors (Lipinski definition) is 3. The Hall–Kier alpha value is -3.47. The molecule has 2 aromatic carbocycles. The van der Waals surface area contributed by atoms with Crippen LogP contribution in [-0.4, -0.2) is 23.8 Å². The van der Waals surface area contributed by atoms with Crippen molar-refractivity contribution in [3.05, 3.63) is 95.8 Å². The van der Waals surface area contributed by atoms with Gasteiger partial charge in [0.15, 0.2) is 0 Å². The molecule has 0 aliphatic rings. The minimum atomic E-state index is -0.316. The molecule has 2 amide bonds. The van der Waals surface area contributed by atoms with E-state index in [-0.39, 0.29) is 29.2 Å². The van der Waals surface area contributed by atoms with Gasteiger partial charge in [-0.15, -0.1) is 0 Å². The van der Waals surface area contributed by atoms with Crippen molar-refractivity contribution in [3.63, 3.8) is 0 Å². The molecule has 0 saturated carbocycles. The molecule has 1 heterocycles. The van der Waals surface area contributed by atoms with Crippen molar-refractivity contribution in [2.45, 2.75) is 13.0 Å². The first-order valence-electron chi connectivity index (χ1n) is 8.72. The number of amides is 2. The average molecular weight is 359 g/mol. The van der Waals surface area contributed by atoms with E-state index in [2.05, 4.69) is 10.3 Å². The summed E-state index contributed by atoms with van der Waals surface area (Å²) in [6.07, 6.45) is 0. The molecule has 0 radical (unpaired) electrons. The van der Waals surface area contributed by atoms with E-state index >= 15 is 0 Å². The minimum absolute atomic E-state index is 0.160. The number of carbonyl (C=O) groups excluding carboxylic acids is 2. The fourth-order valence-electron chi connectivity index (χ4n) is 2.72. The van der Waals surface area contributed by atoms with E-state index in [1.54, 1.807) is 25.2 Å². The van der Waals surface area contributed by atoms with Gasteiger partial charge < -0.3 is 10.2 Å². The van der Waals surface area contributed by atoms with Crippen molar-refractivity contribution in [3.8, 4) is 0 Å². The van der Waals surface area contributed by atoms with Crippen LogP contribution < -0.4 is 10.2 Å². The third kappa shape index (κ3) is 4.39. The number of carbonyl (C=O) groups is 2. The predicted molar refractivity (Wildman–Crippen MR) is 106 cm³/mol. The van der Waals surface area contributed by atoms with Crippen LogP contribution in [0, 0.1) is 0 Å². The number of nitrogens with one attached hydrogen (secondary N) is 1. The number of rotatable bonds is 5. The van der Waals surface area contributed by atoms with Crippen LogP contribution in [0.1, 0.15) is 39.5 Å². The zero-order valence-electron chi connectivity index (χ0n) is 15.3. The summed E-state index contributed by atoms with van der Waals surface area (Å²) in [6.45, 7) is 1.91. The summed E-state index contributed by atoms with van der Waals surface area (Å²) in [6, 6.07) is 23.7. The van der Waals surface area contributed by atoms with E-state index in [0.29, 0.717) is 0 Å². The molecule has 0 aliphatic heterocycles. The molecule has 0 aliphatic carbocycles. The highest BCUT2D eigenvalue weighted by atomic mass is 16.2. The summed E-state index contributed by atoms with van der Waals surface area (Å²) >= 11 is 0. The Balaban J connectivity index is 1.75. The molecule has 5 heteroatoms. The van der Waals surface area contributed by atoms with E-state index in [0.717, 1.165) is 11.3 Å². The molecular weight excluding hydrogens is 338 g/mol. The van der Waals surface area contributed by atoms with Crippen LogP contribution >= 0.6 is 0 Å². The van der Waals surface area contributed by atoms with Gasteiger partial charge in [-0.3, -0.25) is 9.59 Å². The molecule has 3 aromatic rings. The SMILES string of the molecule is CC(NC(=O)c1cccc(C(=O)N(C)c2ccccc2)n1)c1ccccc1. The normalized spacial score (nSPS) is 11.5. The van der Waals surface area contributed by atoms with Gasteiger partial charge >= 0.3 is 0 Å². The number of benzene rings is 2. The Labute approximate surface area is 158 Å². The molecule has 0 saturated heterocycles. The standard InChI is InChI=1S/C22H21N3O2/c1-16(17-10-5-3-6-11-17)23-21(26)19-14-9-15-20(24-19)22(27)25(2)18-12-7-4-8-13-18/h3-16H,1-2H3,(H,23,26). The first-order valence-corrected chi connectivity index (χ1v) is 8.72. The first-order chi connectivity index (χ1) is 13.1. The minimum Gasteiger partial charge on any atom is -0.344 e. The summed E-state index contributed by atoms with van der Waals surface area (Å²) in [5.41, 5.74) is 2.20. The Morgan fingerprint density at radius 2 is 1.44 bits per heavy atom. The van der Waals surface area contributed by atoms with E-state index in [1.807, 2.05) is 67.6 Å². The lowest BCUT2D eigenvalue weighted by Crippen LogP contribution is -2.30. The van der Waals surface area contributed by atoms with E-state index in [1.165, 1.54) is 4.90 Å². The largest absolute Gasteiger partial charge is 0.344 e. The van der Waals surface area contributed by atoms with Gasteiger partial charge in [-0.05, 0) is 36.8 Å². The Bertz CT molecular complexity index is 927. The Morgan fingerprint density at radius 3 is 2.11 bits per heavy atom. The lowest BCUT2D eigenvalue weighted by molar-refractivity contribution is 0.0934. The van der Waals surface area contributed by atoms with Crippen LogP contribution in [0.4, 0.5) is 5.69 Å². The monoisotopic (exact) mass is 359 g/mol. The molecule has 1 N–H and O–H groups in total. The van der Waals surface area contributed by atoms with Gasteiger partial charge in [-0.25, -0.2) is 4.98 Å². The van der Waals surface area contributed by atoms with Crippen LogP contribution in [0.15, 0.2) is 78.9 Å². The van der Waals surface area contributed by atoms with Gasteiger partial charge in [0.1, 0.15) is 11.4 Å². The summed E-state index contributed by atoms with van der Waals surface area (Å²) in [4.78, 5) is 31.0. The third-order valence-electron chi connectivity index (χ3n) is 4.30. The zero-order chi connectivity index (χ0) is 19.2. The lowest BCUT2D eigenvalue weighted by Gasteiger charge is -2.17. The molecular formula is C22H21N3O2. The molecule has 27 heavy (non-hydrogen) atoms. The topological polar surface area (TPSA) is 62.3 Å². The molecule has 1 atom stereocenters. The number of pyridine rings is 1. The van der Waals surface area contributed by atoms with Crippen molar-refractivity contribution in [2.24, 2.45) is 0 Å². The second-order valence-corrected chi connectivity index (χ2v) is 6.21. The highest BCUT2D eigenvalue weighted by molar-refractivity contribution is 6.05. The van der Waals surface area contributed by atoms with Crippen molar-refractivity contribution < 1.29 is 9.59 Å². The zero-order valence-corrected chi connectivity index (χ0v) is 15.3. The molecule has 5 nitrogen and oxygen atoms in total. The summed E-state index contributed by atoms with van der Waals surface area (Å²) in [5.74, 6) is -0.588. The van der Waals surface area contributed by atoms with E-state index < -0.39 is 0 Å². The fraction of sp³-hybridized carbons (Fsp3) is 0.136. The summed E-state index contributed by atoms with van der Waals surface area (Å²) in [5, 5.41) is 2.91. The maximum atomic E-state index is 12.7. The summed E-state index contributed by atoms with van der Waals surface area (Å²) < 4.78 is 0. The maximum absolute atomic E-state index is 12.7. The fourth-order valence-corrected chi connectivity index (χ4v) is 2.72. The van der Waals surface area contributed by atoms with E-state index in [9.17, 15) is 9.59 Å². The van der Waals surface area contributed by atoms with Gasteiger partial charge in [0.05, 0.1) is 6.04 Å². The number of para-hydroxylation sites is 1. The Morgan fingerprint density at radius 1 is 0.852 bits per heavy atom. The molecule has 3 rings (SSSR count). The van der Waals surface area contributed by atoms with Gasteiger partial charge in [0, 0.05) is 12.7 Å². The molecule has 1 unspecified atom stereocenters. The highest BCUT2D eigenvalue weighted by Gasteiger charge is 2.18. The van der Waals surface area contributed by atoms with E-state index in [4.69, 9.17) is 0 Å². The van der Waals surface area contributed by atoms with Crippen LogP contribution in [0.5, 0.6) is 0 Å². The van der Waals surface area contributed by atoms with Crippen LogP contribution in [-0.2, 0) is 0 Å². The second-order valence-electron chi connectivity index (χ2n) is 6.21. The smallest absolute Gasteiger partial charge is 0.276 e. The van der Waals surface area contributed by atoms with Gasteiger partial charge in [-0.1, -0.05) is 54.6 Å². The van der Waals surface area contributed by atoms with Crippen molar-refractivity contribution in [1.82, 2.24) is 10.3 Å². The van der Waals surface area contributed by atoms with Crippen LogP contribution in [0.2, 0.25) is 0 Å². The van der Waals surface area contributed by atoms with Gasteiger partial charge in [0.25, 0.3) is 11.8 Å². The highest BCUT2D eigenvalue weighted by Crippen LogP contribution is 2.15. The second kappa shape index (κ2) is 8.27. The maximum Gasteiger partial charge on any atom is 0.276 e. The van der Waals surface area contributed by atoms with Gasteiger partial charge in [0.2, 0.25) is 0 Å². The average Bonchev–Trinajstić information content (AvgIpc) is 2.74. The Kier molecular flexibility index (Phi) is 5.61. The van der Waals surface area contributed by atoms with Crippen LogP contribution in [0.25, 0.3) is 0 Å². The quantitative estimate of drug-likeness (QED) is 0.753.